The second-order valence-electron chi connectivity index (χ2n) is 7.53. The molecule has 2 aromatic heterocycles. The highest BCUT2D eigenvalue weighted by atomic mass is 16.5. The highest BCUT2D eigenvalue weighted by Gasteiger charge is 2.30. The molecule has 1 unspecified atom stereocenters. The molecule has 1 atom stereocenters. The first-order valence-corrected chi connectivity index (χ1v) is 9.85. The van der Waals surface area contributed by atoms with Gasteiger partial charge in [0.25, 0.3) is 5.56 Å². The summed E-state index contributed by atoms with van der Waals surface area (Å²) in [7, 11) is 1.66. The van der Waals surface area contributed by atoms with Crippen molar-refractivity contribution in [1.29, 1.82) is 0 Å². The van der Waals surface area contributed by atoms with Crippen LogP contribution in [0.25, 0.3) is 10.9 Å². The third-order valence-corrected chi connectivity index (χ3v) is 5.63. The molecule has 0 bridgehead atoms. The van der Waals surface area contributed by atoms with Gasteiger partial charge in [-0.25, -0.2) is 0 Å². The molecular weight excluding hydrogens is 390 g/mol. The molecule has 4 aromatic rings. The smallest absolute Gasteiger partial charge is 0.302 e. The van der Waals surface area contributed by atoms with Gasteiger partial charge in [0.2, 0.25) is 0 Å². The van der Waals surface area contributed by atoms with Crippen molar-refractivity contribution in [1.82, 2.24) is 15.0 Å². The Morgan fingerprint density at radius 1 is 1.06 bits per heavy atom. The molecule has 2 heterocycles. The number of rotatable bonds is 6. The maximum atomic E-state index is 12.2. The van der Waals surface area contributed by atoms with Gasteiger partial charge in [-0.3, -0.25) is 14.8 Å². The van der Waals surface area contributed by atoms with Gasteiger partial charge in [-0.1, -0.05) is 36.4 Å². The first-order chi connectivity index (χ1) is 14.9. The quantitative estimate of drug-likeness (QED) is 0.450. The van der Waals surface area contributed by atoms with Crippen LogP contribution in [0, 0.1) is 0 Å². The van der Waals surface area contributed by atoms with Gasteiger partial charge in [-0.2, -0.15) is 4.98 Å². The average molecular weight is 413 g/mol. The van der Waals surface area contributed by atoms with E-state index in [-0.39, 0.29) is 11.6 Å². The van der Waals surface area contributed by atoms with E-state index >= 15 is 0 Å². The average Bonchev–Trinajstić information content (AvgIpc) is 2.79. The second kappa shape index (κ2) is 8.07. The largest absolute Gasteiger partial charge is 0.497 e. The van der Waals surface area contributed by atoms with Gasteiger partial charge < -0.3 is 9.47 Å². The summed E-state index contributed by atoms with van der Waals surface area (Å²) < 4.78 is 11.2. The normalized spacial score (nSPS) is 12.9. The standard InChI is InChI=1S/C25H23N3O3/c1-16(2)25(3,18-6-5-7-20(14-18)30-4)17-8-10-19(11-9-17)31-24-27-22-15-26-13-12-21(22)23(29)28-24/h5-15H,1H2,2-4H3,(H,27,28,29). The van der Waals surface area contributed by atoms with E-state index < -0.39 is 5.41 Å². The Balaban J connectivity index is 1.66. The summed E-state index contributed by atoms with van der Waals surface area (Å²) in [6, 6.07) is 17.4. The topological polar surface area (TPSA) is 77.1 Å². The molecule has 156 valence electrons. The lowest BCUT2D eigenvalue weighted by Crippen LogP contribution is -2.24. The molecule has 0 aliphatic heterocycles. The molecule has 0 saturated carbocycles. The number of aromatic nitrogens is 3. The van der Waals surface area contributed by atoms with Crippen molar-refractivity contribution in [2.75, 3.05) is 7.11 Å². The van der Waals surface area contributed by atoms with E-state index in [4.69, 9.17) is 9.47 Å². The lowest BCUT2D eigenvalue weighted by Gasteiger charge is -2.32. The molecule has 0 radical (unpaired) electrons. The first kappa shape index (κ1) is 20.3. The number of aromatic amines is 1. The van der Waals surface area contributed by atoms with Crippen molar-refractivity contribution in [3.63, 3.8) is 0 Å². The minimum atomic E-state index is -0.408. The number of hydrogen-bond donors (Lipinski definition) is 1. The highest BCUT2D eigenvalue weighted by Crippen LogP contribution is 2.39. The minimum absolute atomic E-state index is 0.119. The molecule has 0 amide bonds. The molecule has 0 saturated heterocycles. The summed E-state index contributed by atoms with van der Waals surface area (Å²) >= 11 is 0. The summed E-state index contributed by atoms with van der Waals surface area (Å²) in [5, 5.41) is 0.466. The van der Waals surface area contributed by atoms with Gasteiger partial charge in [-0.15, -0.1) is 0 Å². The van der Waals surface area contributed by atoms with Crippen molar-refractivity contribution in [2.24, 2.45) is 0 Å². The first-order valence-electron chi connectivity index (χ1n) is 9.85. The molecule has 0 aliphatic carbocycles. The number of pyridine rings is 1. The zero-order valence-electron chi connectivity index (χ0n) is 17.7. The number of methoxy groups -OCH3 is 1. The van der Waals surface area contributed by atoms with E-state index in [1.807, 2.05) is 49.4 Å². The van der Waals surface area contributed by atoms with Gasteiger partial charge in [0.1, 0.15) is 11.5 Å². The third-order valence-electron chi connectivity index (χ3n) is 5.63. The molecule has 0 aliphatic rings. The Morgan fingerprint density at radius 2 is 1.84 bits per heavy atom. The van der Waals surface area contributed by atoms with E-state index in [2.05, 4.69) is 34.5 Å². The maximum Gasteiger partial charge on any atom is 0.302 e. The highest BCUT2D eigenvalue weighted by molar-refractivity contribution is 5.76. The van der Waals surface area contributed by atoms with Crippen molar-refractivity contribution in [2.45, 2.75) is 19.3 Å². The summed E-state index contributed by atoms with van der Waals surface area (Å²) in [4.78, 5) is 23.2. The number of nitrogens with zero attached hydrogens (tertiary/aromatic N) is 2. The number of nitrogens with one attached hydrogen (secondary N) is 1. The molecule has 31 heavy (non-hydrogen) atoms. The SMILES string of the molecule is C=C(C)C(C)(c1ccc(Oc2nc3cnccc3c(=O)[nH]2)cc1)c1cccc(OC)c1. The Bertz CT molecular complexity index is 1310. The summed E-state index contributed by atoms with van der Waals surface area (Å²) in [5.74, 6) is 1.36. The maximum absolute atomic E-state index is 12.2. The Labute approximate surface area is 180 Å². The molecule has 2 aromatic carbocycles. The number of H-pyrrole nitrogens is 1. The number of benzene rings is 2. The zero-order chi connectivity index (χ0) is 22.0. The third kappa shape index (κ3) is 3.80. The van der Waals surface area contributed by atoms with E-state index in [9.17, 15) is 4.79 Å². The molecule has 0 spiro atoms. The monoisotopic (exact) mass is 413 g/mol. The summed E-state index contributed by atoms with van der Waals surface area (Å²) in [6.07, 6.45) is 3.09. The fourth-order valence-corrected chi connectivity index (χ4v) is 3.58. The van der Waals surface area contributed by atoms with Crippen molar-refractivity contribution < 1.29 is 9.47 Å². The molecule has 0 fully saturated rings. The van der Waals surface area contributed by atoms with E-state index in [0.717, 1.165) is 22.4 Å². The predicted octanol–water partition coefficient (Wildman–Crippen LogP) is 5.00. The molecular formula is C25H23N3O3. The van der Waals surface area contributed by atoms with Crippen LogP contribution in [0.3, 0.4) is 0 Å². The van der Waals surface area contributed by atoms with Crippen LogP contribution >= 0.6 is 0 Å². The van der Waals surface area contributed by atoms with Crippen LogP contribution in [0.15, 0.2) is 83.9 Å². The zero-order valence-corrected chi connectivity index (χ0v) is 17.7. The minimum Gasteiger partial charge on any atom is -0.497 e. The van der Waals surface area contributed by atoms with E-state index in [0.29, 0.717) is 16.7 Å². The van der Waals surface area contributed by atoms with Crippen LogP contribution in [0.5, 0.6) is 17.5 Å². The lowest BCUT2D eigenvalue weighted by molar-refractivity contribution is 0.413. The van der Waals surface area contributed by atoms with Crippen molar-refractivity contribution in [3.8, 4) is 17.5 Å². The van der Waals surface area contributed by atoms with Crippen LogP contribution in [0.4, 0.5) is 0 Å². The van der Waals surface area contributed by atoms with Crippen molar-refractivity contribution in [3.05, 3.63) is 101 Å². The number of hydrogen-bond acceptors (Lipinski definition) is 5. The molecule has 4 rings (SSSR count). The fraction of sp³-hybridized carbons (Fsp3) is 0.160. The second-order valence-corrected chi connectivity index (χ2v) is 7.53. The number of ether oxygens (including phenoxy) is 2. The van der Waals surface area contributed by atoms with Gasteiger partial charge in [-0.05, 0) is 55.3 Å². The summed E-state index contributed by atoms with van der Waals surface area (Å²) in [6.45, 7) is 8.39. The van der Waals surface area contributed by atoms with E-state index in [1.165, 1.54) is 6.20 Å². The van der Waals surface area contributed by atoms with Crippen LogP contribution in [0.1, 0.15) is 25.0 Å². The van der Waals surface area contributed by atoms with Gasteiger partial charge in [0.05, 0.1) is 24.2 Å². The van der Waals surface area contributed by atoms with Crippen molar-refractivity contribution >= 4 is 10.9 Å². The van der Waals surface area contributed by atoms with Crippen LogP contribution in [-0.2, 0) is 5.41 Å². The van der Waals surface area contributed by atoms with Crippen LogP contribution in [-0.4, -0.2) is 22.1 Å². The van der Waals surface area contributed by atoms with Gasteiger partial charge in [0.15, 0.2) is 0 Å². The Kier molecular flexibility index (Phi) is 5.29. The molecule has 1 N–H and O–H groups in total. The Hall–Kier alpha value is -3.93. The molecule has 6 heteroatoms. The predicted molar refractivity (Wildman–Crippen MR) is 121 cm³/mol. The molecule has 6 nitrogen and oxygen atoms in total. The van der Waals surface area contributed by atoms with Gasteiger partial charge in [0, 0.05) is 11.6 Å². The lowest BCUT2D eigenvalue weighted by atomic mass is 9.71. The number of fused-ring (bicyclic) bond motifs is 1. The van der Waals surface area contributed by atoms with Gasteiger partial charge >= 0.3 is 6.01 Å². The fourth-order valence-electron chi connectivity index (χ4n) is 3.58. The number of allylic oxidation sites excluding steroid dienone is 1. The van der Waals surface area contributed by atoms with Crippen LogP contribution < -0.4 is 15.0 Å². The van der Waals surface area contributed by atoms with Crippen LogP contribution in [0.2, 0.25) is 0 Å². The summed E-state index contributed by atoms with van der Waals surface area (Å²) in [5.41, 5.74) is 2.94. The Morgan fingerprint density at radius 3 is 2.55 bits per heavy atom. The van der Waals surface area contributed by atoms with E-state index in [1.54, 1.807) is 19.4 Å².